The summed E-state index contributed by atoms with van der Waals surface area (Å²) in [5.41, 5.74) is 3.36. The first-order chi connectivity index (χ1) is 20.5. The topological polar surface area (TPSA) is 88.1 Å². The Labute approximate surface area is 262 Å². The van der Waals surface area contributed by atoms with E-state index in [0.717, 1.165) is 35.6 Å². The van der Waals surface area contributed by atoms with Crippen LogP contribution in [0.5, 0.6) is 0 Å². The molecule has 0 aliphatic rings. The molecule has 42 heavy (non-hydrogen) atoms. The van der Waals surface area contributed by atoms with E-state index >= 15 is 0 Å². The Hall–Kier alpha value is -4.26. The second-order valence-electron chi connectivity index (χ2n) is 9.52. The van der Waals surface area contributed by atoms with Crippen molar-refractivity contribution in [3.05, 3.63) is 123 Å². The van der Waals surface area contributed by atoms with Crippen LogP contribution in [0.2, 0.25) is 0 Å². The third-order valence-electron chi connectivity index (χ3n) is 6.79. The number of pyridine rings is 2. The fraction of sp³-hybridized carbons (Fsp3) is 0.0312. The van der Waals surface area contributed by atoms with Crippen molar-refractivity contribution in [3.8, 4) is 0 Å². The number of aromatic nitrogens is 3. The smallest absolute Gasteiger partial charge is 0.261 e. The Morgan fingerprint density at radius 2 is 1.64 bits per heavy atom. The summed E-state index contributed by atoms with van der Waals surface area (Å²) in [6.45, 7) is 0. The molecule has 1 unspecified atom stereocenters. The predicted molar refractivity (Wildman–Crippen MR) is 178 cm³/mol. The Bertz CT molecular complexity index is 2110. The van der Waals surface area contributed by atoms with E-state index in [9.17, 15) is 9.59 Å². The summed E-state index contributed by atoms with van der Waals surface area (Å²) in [5, 5.41) is 7.11. The number of para-hydroxylation sites is 1. The van der Waals surface area contributed by atoms with Crippen LogP contribution in [0.3, 0.4) is 0 Å². The number of thiazole rings is 1. The zero-order valence-electron chi connectivity index (χ0n) is 21.8. The lowest BCUT2D eigenvalue weighted by Gasteiger charge is -2.28. The van der Waals surface area contributed by atoms with E-state index < -0.39 is 6.04 Å². The SMILES string of the molecule is O=C(Nc1cnc2ccccc2c1)C(c1cccs1)N(C(=O)c1ccc2ncccc2c1)c1nc2ccc(I)cc2s1. The molecule has 0 spiro atoms. The van der Waals surface area contributed by atoms with Gasteiger partial charge in [0, 0.05) is 31.0 Å². The molecular weight excluding hydrogens is 677 g/mol. The monoisotopic (exact) mass is 697 g/mol. The van der Waals surface area contributed by atoms with E-state index in [1.54, 1.807) is 18.5 Å². The van der Waals surface area contributed by atoms with Crippen LogP contribution in [-0.4, -0.2) is 26.8 Å². The molecule has 1 N–H and O–H groups in total. The minimum atomic E-state index is -0.979. The number of fused-ring (bicyclic) bond motifs is 3. The molecule has 0 radical (unpaired) electrons. The maximum Gasteiger partial charge on any atom is 0.261 e. The molecule has 7 rings (SSSR count). The molecule has 0 fully saturated rings. The molecule has 0 bridgehead atoms. The number of nitrogens with one attached hydrogen (secondary N) is 1. The van der Waals surface area contributed by atoms with Crippen molar-refractivity contribution in [3.63, 3.8) is 0 Å². The van der Waals surface area contributed by atoms with Gasteiger partial charge in [0.2, 0.25) is 0 Å². The molecule has 0 aliphatic heterocycles. The number of carbonyl (C=O) groups is 2. The fourth-order valence-corrected chi connectivity index (χ4v) is 7.37. The van der Waals surface area contributed by atoms with Gasteiger partial charge in [-0.25, -0.2) is 4.98 Å². The number of amides is 2. The van der Waals surface area contributed by atoms with Crippen molar-refractivity contribution in [1.82, 2.24) is 15.0 Å². The van der Waals surface area contributed by atoms with Gasteiger partial charge in [0.05, 0.1) is 33.1 Å². The van der Waals surface area contributed by atoms with Crippen LogP contribution in [-0.2, 0) is 4.79 Å². The molecule has 10 heteroatoms. The van der Waals surface area contributed by atoms with E-state index in [1.165, 1.54) is 27.6 Å². The highest BCUT2D eigenvalue weighted by atomic mass is 127. The Balaban J connectivity index is 1.36. The number of rotatable bonds is 6. The summed E-state index contributed by atoms with van der Waals surface area (Å²) < 4.78 is 1.99. The first-order valence-corrected chi connectivity index (χ1v) is 15.7. The number of nitrogens with zero attached hydrogens (tertiary/aromatic N) is 4. The second-order valence-corrected chi connectivity index (χ2v) is 12.8. The second kappa shape index (κ2) is 11.2. The average molecular weight is 698 g/mol. The maximum atomic E-state index is 14.5. The Morgan fingerprint density at radius 3 is 2.52 bits per heavy atom. The van der Waals surface area contributed by atoms with E-state index in [-0.39, 0.29) is 11.8 Å². The van der Waals surface area contributed by atoms with Gasteiger partial charge in [-0.1, -0.05) is 41.7 Å². The number of hydrogen-bond acceptors (Lipinski definition) is 7. The van der Waals surface area contributed by atoms with Crippen LogP contribution in [0.15, 0.2) is 109 Å². The van der Waals surface area contributed by atoms with Crippen LogP contribution in [0.1, 0.15) is 21.3 Å². The largest absolute Gasteiger partial charge is 0.323 e. The van der Waals surface area contributed by atoms with Gasteiger partial charge in [0.1, 0.15) is 0 Å². The molecular formula is C32H20IN5O2S2. The lowest BCUT2D eigenvalue weighted by Crippen LogP contribution is -2.41. The first-order valence-electron chi connectivity index (χ1n) is 13.0. The minimum absolute atomic E-state index is 0.334. The third kappa shape index (κ3) is 5.13. The summed E-state index contributed by atoms with van der Waals surface area (Å²) in [7, 11) is 0. The average Bonchev–Trinajstić information content (AvgIpc) is 3.69. The zero-order chi connectivity index (χ0) is 28.6. The minimum Gasteiger partial charge on any atom is -0.323 e. The van der Waals surface area contributed by atoms with Crippen molar-refractivity contribution < 1.29 is 9.59 Å². The van der Waals surface area contributed by atoms with Crippen LogP contribution in [0.4, 0.5) is 10.8 Å². The van der Waals surface area contributed by atoms with Crippen LogP contribution < -0.4 is 10.2 Å². The summed E-state index contributed by atoms with van der Waals surface area (Å²) in [6.07, 6.45) is 3.35. The molecule has 0 saturated carbocycles. The number of anilines is 2. The quantitative estimate of drug-likeness (QED) is 0.178. The zero-order valence-corrected chi connectivity index (χ0v) is 25.6. The highest BCUT2D eigenvalue weighted by Gasteiger charge is 2.36. The fourth-order valence-electron chi connectivity index (χ4n) is 4.82. The van der Waals surface area contributed by atoms with Gasteiger partial charge in [-0.3, -0.25) is 24.5 Å². The molecule has 0 aliphatic carbocycles. The number of halogens is 1. The number of hydrogen-bond donors (Lipinski definition) is 1. The van der Waals surface area contributed by atoms with Crippen LogP contribution >= 0.6 is 45.3 Å². The molecule has 204 valence electrons. The van der Waals surface area contributed by atoms with Crippen molar-refractivity contribution in [1.29, 1.82) is 0 Å². The van der Waals surface area contributed by atoms with E-state index in [4.69, 9.17) is 4.98 Å². The molecule has 3 aromatic carbocycles. The van der Waals surface area contributed by atoms with E-state index in [0.29, 0.717) is 21.3 Å². The molecule has 7 nitrogen and oxygen atoms in total. The van der Waals surface area contributed by atoms with Gasteiger partial charge in [0.25, 0.3) is 11.8 Å². The number of thiophene rings is 1. The lowest BCUT2D eigenvalue weighted by atomic mass is 10.1. The van der Waals surface area contributed by atoms with Gasteiger partial charge in [-0.2, -0.15) is 0 Å². The maximum absolute atomic E-state index is 14.5. The molecule has 2 amide bonds. The molecule has 1 atom stereocenters. The lowest BCUT2D eigenvalue weighted by molar-refractivity contribution is -0.117. The van der Waals surface area contributed by atoms with Gasteiger partial charge in [-0.05, 0) is 88.6 Å². The van der Waals surface area contributed by atoms with Gasteiger partial charge < -0.3 is 5.32 Å². The van der Waals surface area contributed by atoms with Gasteiger partial charge >= 0.3 is 0 Å². The normalized spacial score (nSPS) is 12.0. The number of benzene rings is 3. The summed E-state index contributed by atoms with van der Waals surface area (Å²) in [5.74, 6) is -0.695. The predicted octanol–water partition coefficient (Wildman–Crippen LogP) is 8.09. The summed E-state index contributed by atoms with van der Waals surface area (Å²) in [6, 6.07) is 27.4. The highest BCUT2D eigenvalue weighted by molar-refractivity contribution is 14.1. The van der Waals surface area contributed by atoms with Crippen LogP contribution in [0, 0.1) is 3.57 Å². The van der Waals surface area contributed by atoms with E-state index in [2.05, 4.69) is 37.9 Å². The van der Waals surface area contributed by atoms with E-state index in [1.807, 2.05) is 90.3 Å². The summed E-state index contributed by atoms with van der Waals surface area (Å²) >= 11 is 5.06. The Morgan fingerprint density at radius 1 is 0.833 bits per heavy atom. The standard InChI is InChI=1S/C32H20IN5O2S2/c33-22-10-12-26-28(17-22)42-32(37-26)38(31(40)21-9-11-25-19(15-21)6-3-13-34-25)29(27-8-4-14-41-27)30(39)36-23-16-20-5-1-2-7-24(20)35-18-23/h1-18,29H,(H,36,39). The van der Waals surface area contributed by atoms with Crippen molar-refractivity contribution in [2.24, 2.45) is 0 Å². The van der Waals surface area contributed by atoms with Gasteiger partial charge in [-0.15, -0.1) is 11.3 Å². The van der Waals surface area contributed by atoms with Crippen molar-refractivity contribution in [2.45, 2.75) is 6.04 Å². The molecule has 7 aromatic rings. The highest BCUT2D eigenvalue weighted by Crippen LogP contribution is 2.38. The first kappa shape index (κ1) is 26.6. The molecule has 4 heterocycles. The molecule has 4 aromatic heterocycles. The van der Waals surface area contributed by atoms with Crippen molar-refractivity contribution in [2.75, 3.05) is 10.2 Å². The third-order valence-corrected chi connectivity index (χ3v) is 9.40. The van der Waals surface area contributed by atoms with Crippen LogP contribution in [0.25, 0.3) is 32.0 Å². The molecule has 0 saturated heterocycles. The Kier molecular flexibility index (Phi) is 7.10. The number of carbonyl (C=O) groups excluding carboxylic acids is 2. The van der Waals surface area contributed by atoms with Gasteiger partial charge in [0.15, 0.2) is 11.2 Å². The van der Waals surface area contributed by atoms with Crippen molar-refractivity contribution >= 4 is 99.9 Å². The summed E-state index contributed by atoms with van der Waals surface area (Å²) in [4.78, 5) is 44.7.